The maximum Gasteiger partial charge on any atom is 0.332 e. The highest BCUT2D eigenvalue weighted by molar-refractivity contribution is 6.01. The second-order valence-electron chi connectivity index (χ2n) is 2.96. The zero-order chi connectivity index (χ0) is 12.9. The zero-order valence-electron chi connectivity index (χ0n) is 9.18. The van der Waals surface area contributed by atoms with Crippen molar-refractivity contribution < 1.29 is 29.4 Å². The van der Waals surface area contributed by atoms with E-state index in [4.69, 9.17) is 10.2 Å². The molecule has 0 saturated heterocycles. The number of aliphatic carboxylic acids is 2. The molecule has 7 nitrogen and oxygen atoms in total. The van der Waals surface area contributed by atoms with Gasteiger partial charge in [-0.2, -0.15) is 0 Å². The molecule has 0 aliphatic carbocycles. The highest BCUT2D eigenvalue weighted by Gasteiger charge is 2.21. The van der Waals surface area contributed by atoms with Crippen molar-refractivity contribution >= 4 is 17.8 Å². The van der Waals surface area contributed by atoms with Gasteiger partial charge < -0.3 is 10.2 Å². The molecule has 0 aromatic rings. The molecule has 0 aromatic carbocycles. The summed E-state index contributed by atoms with van der Waals surface area (Å²) in [7, 11) is 2.55. The maximum absolute atomic E-state index is 11.3. The number of hydrogen-bond acceptors (Lipinski definition) is 4. The maximum atomic E-state index is 11.3. The monoisotopic (exact) mass is 231 g/mol. The molecule has 0 unspecified atom stereocenters. The highest BCUT2D eigenvalue weighted by atomic mass is 16.7. The number of carbonyl (C=O) groups is 3. The van der Waals surface area contributed by atoms with Crippen molar-refractivity contribution in [3.05, 3.63) is 11.1 Å². The van der Waals surface area contributed by atoms with E-state index in [1.54, 1.807) is 0 Å². The first kappa shape index (κ1) is 14.1. The Bertz CT molecular complexity index is 346. The molecular formula is C9H13NO6. The first-order valence-corrected chi connectivity index (χ1v) is 4.28. The minimum absolute atomic E-state index is 0.370. The molecule has 0 saturated carbocycles. The second-order valence-corrected chi connectivity index (χ2v) is 2.96. The Kier molecular flexibility index (Phi) is 5.17. The smallest absolute Gasteiger partial charge is 0.332 e. The van der Waals surface area contributed by atoms with Crippen molar-refractivity contribution in [2.75, 3.05) is 14.2 Å². The van der Waals surface area contributed by atoms with E-state index in [1.807, 2.05) is 0 Å². The van der Waals surface area contributed by atoms with E-state index in [0.717, 1.165) is 12.0 Å². The average Bonchev–Trinajstić information content (AvgIpc) is 2.22. The number of nitrogens with zero attached hydrogens (tertiary/aromatic N) is 1. The van der Waals surface area contributed by atoms with Gasteiger partial charge in [-0.3, -0.25) is 9.63 Å². The molecule has 0 rings (SSSR count). The minimum atomic E-state index is -1.43. The highest BCUT2D eigenvalue weighted by Crippen LogP contribution is 2.11. The van der Waals surface area contributed by atoms with Crippen LogP contribution in [0.5, 0.6) is 0 Å². The van der Waals surface area contributed by atoms with Crippen LogP contribution in [0, 0.1) is 0 Å². The lowest BCUT2D eigenvalue weighted by Gasteiger charge is -2.14. The SMILES string of the molecule is CON(C)C(=O)C/C(C(=O)O)=C(/C)C(=O)O. The van der Waals surface area contributed by atoms with E-state index in [-0.39, 0.29) is 5.57 Å². The number of hydroxylamine groups is 2. The Morgan fingerprint density at radius 3 is 2.00 bits per heavy atom. The van der Waals surface area contributed by atoms with Crippen LogP contribution in [0.25, 0.3) is 0 Å². The molecule has 0 spiro atoms. The molecule has 0 fully saturated rings. The normalized spacial score (nSPS) is 11.7. The number of carboxylic acid groups (broad SMARTS) is 2. The quantitative estimate of drug-likeness (QED) is 0.505. The van der Waals surface area contributed by atoms with Crippen molar-refractivity contribution in [2.24, 2.45) is 0 Å². The Balaban J connectivity index is 5.00. The van der Waals surface area contributed by atoms with Crippen LogP contribution < -0.4 is 0 Å². The molecule has 0 atom stereocenters. The third-order valence-electron chi connectivity index (χ3n) is 1.98. The van der Waals surface area contributed by atoms with Crippen LogP contribution in [-0.2, 0) is 19.2 Å². The van der Waals surface area contributed by atoms with Crippen molar-refractivity contribution in [3.63, 3.8) is 0 Å². The van der Waals surface area contributed by atoms with E-state index in [0.29, 0.717) is 0 Å². The molecule has 0 heterocycles. The first-order valence-electron chi connectivity index (χ1n) is 4.28. The van der Waals surface area contributed by atoms with Crippen molar-refractivity contribution in [2.45, 2.75) is 13.3 Å². The Morgan fingerprint density at radius 1 is 1.19 bits per heavy atom. The van der Waals surface area contributed by atoms with Gasteiger partial charge in [0.25, 0.3) is 5.91 Å². The van der Waals surface area contributed by atoms with Crippen molar-refractivity contribution in [3.8, 4) is 0 Å². The summed E-state index contributed by atoms with van der Waals surface area (Å²) in [6.07, 6.45) is -0.530. The van der Waals surface area contributed by atoms with Gasteiger partial charge in [-0.05, 0) is 6.92 Å². The molecule has 0 radical (unpaired) electrons. The Labute approximate surface area is 91.9 Å². The van der Waals surface area contributed by atoms with E-state index in [2.05, 4.69) is 4.84 Å². The van der Waals surface area contributed by atoms with Crippen molar-refractivity contribution in [1.29, 1.82) is 0 Å². The average molecular weight is 231 g/mol. The molecule has 16 heavy (non-hydrogen) atoms. The van der Waals surface area contributed by atoms with Crippen LogP contribution in [0.2, 0.25) is 0 Å². The number of amides is 1. The largest absolute Gasteiger partial charge is 0.478 e. The lowest BCUT2D eigenvalue weighted by Crippen LogP contribution is -2.27. The summed E-state index contributed by atoms with van der Waals surface area (Å²) in [4.78, 5) is 37.2. The predicted molar refractivity (Wildman–Crippen MR) is 52.4 cm³/mol. The Hall–Kier alpha value is -1.89. The van der Waals surface area contributed by atoms with E-state index >= 15 is 0 Å². The van der Waals surface area contributed by atoms with Crippen LogP contribution in [0.4, 0.5) is 0 Å². The molecule has 1 amide bonds. The molecule has 0 aliphatic heterocycles. The van der Waals surface area contributed by atoms with E-state index in [9.17, 15) is 14.4 Å². The molecule has 7 heteroatoms. The lowest BCUT2D eigenvalue weighted by atomic mass is 10.1. The van der Waals surface area contributed by atoms with Gasteiger partial charge in [0.05, 0.1) is 19.1 Å². The Morgan fingerprint density at radius 2 is 1.69 bits per heavy atom. The lowest BCUT2D eigenvalue weighted by molar-refractivity contribution is -0.168. The minimum Gasteiger partial charge on any atom is -0.478 e. The third kappa shape index (κ3) is 3.70. The fourth-order valence-electron chi connectivity index (χ4n) is 0.862. The van der Waals surface area contributed by atoms with Gasteiger partial charge in [-0.15, -0.1) is 0 Å². The summed E-state index contributed by atoms with van der Waals surface area (Å²) >= 11 is 0. The third-order valence-corrected chi connectivity index (χ3v) is 1.98. The molecular weight excluding hydrogens is 218 g/mol. The number of carboxylic acids is 2. The molecule has 0 aromatic heterocycles. The summed E-state index contributed by atoms with van der Waals surface area (Å²) < 4.78 is 0. The standard InChI is InChI=1S/C9H13NO6/c1-5(8(12)13)6(9(14)15)4-7(11)10(2)16-3/h4H2,1-3H3,(H,12,13)(H,14,15)/b6-5+. The van der Waals surface area contributed by atoms with E-state index < -0.39 is 29.8 Å². The number of rotatable bonds is 5. The summed E-state index contributed by atoms with van der Waals surface area (Å²) in [5.74, 6) is -3.44. The van der Waals surface area contributed by atoms with Gasteiger partial charge in [-0.25, -0.2) is 14.7 Å². The number of hydrogen-bond donors (Lipinski definition) is 2. The molecule has 0 aliphatic rings. The van der Waals surface area contributed by atoms with E-state index in [1.165, 1.54) is 14.2 Å². The first-order chi connectivity index (χ1) is 7.31. The van der Waals surface area contributed by atoms with Crippen LogP contribution in [-0.4, -0.2) is 47.3 Å². The van der Waals surface area contributed by atoms with Gasteiger partial charge in [0, 0.05) is 12.6 Å². The van der Waals surface area contributed by atoms with Gasteiger partial charge in [0.1, 0.15) is 0 Å². The summed E-state index contributed by atoms with van der Waals surface area (Å²) in [6, 6.07) is 0. The zero-order valence-corrected chi connectivity index (χ0v) is 9.18. The van der Waals surface area contributed by atoms with Crippen LogP contribution in [0.15, 0.2) is 11.1 Å². The van der Waals surface area contributed by atoms with Crippen LogP contribution >= 0.6 is 0 Å². The van der Waals surface area contributed by atoms with Gasteiger partial charge in [0.2, 0.25) is 0 Å². The summed E-state index contributed by atoms with van der Waals surface area (Å²) in [5, 5.41) is 18.2. The number of carbonyl (C=O) groups excluding carboxylic acids is 1. The summed E-state index contributed by atoms with van der Waals surface area (Å²) in [6.45, 7) is 1.13. The molecule has 90 valence electrons. The predicted octanol–water partition coefficient (Wildman–Crippen LogP) is -0.118. The summed E-state index contributed by atoms with van der Waals surface area (Å²) in [5.41, 5.74) is -0.827. The van der Waals surface area contributed by atoms with Gasteiger partial charge >= 0.3 is 11.9 Å². The van der Waals surface area contributed by atoms with Crippen LogP contribution in [0.1, 0.15) is 13.3 Å². The molecule has 2 N–H and O–H groups in total. The fraction of sp³-hybridized carbons (Fsp3) is 0.444. The fourth-order valence-corrected chi connectivity index (χ4v) is 0.862. The topological polar surface area (TPSA) is 104 Å². The molecule has 0 bridgehead atoms. The van der Waals surface area contributed by atoms with Gasteiger partial charge in [0.15, 0.2) is 0 Å². The second kappa shape index (κ2) is 5.86. The van der Waals surface area contributed by atoms with Crippen molar-refractivity contribution in [1.82, 2.24) is 5.06 Å². The van der Waals surface area contributed by atoms with Crippen LogP contribution in [0.3, 0.4) is 0 Å². The van der Waals surface area contributed by atoms with Gasteiger partial charge in [-0.1, -0.05) is 0 Å².